The molecule has 2 aromatic carbocycles. The first-order chi connectivity index (χ1) is 10.8. The van der Waals surface area contributed by atoms with Gasteiger partial charge in [0.1, 0.15) is 10.8 Å². The van der Waals surface area contributed by atoms with Gasteiger partial charge in [0.15, 0.2) is 9.84 Å². The standard InChI is InChI=1S/C16H14ClNO4S/c17-11-6-4-5-10(9-11)13-14(16(13,18)15(19)20)23(21,22)12-7-2-1-3-8-12/h1-9,13-14H,18H2,(H,19,20)/t13-,14-,16-/m0/s1. The van der Waals surface area contributed by atoms with Gasteiger partial charge in [0.25, 0.3) is 0 Å². The Morgan fingerprint density at radius 3 is 2.35 bits per heavy atom. The van der Waals surface area contributed by atoms with Gasteiger partial charge in [-0.1, -0.05) is 41.9 Å². The van der Waals surface area contributed by atoms with Crippen molar-refractivity contribution in [2.45, 2.75) is 21.6 Å². The summed E-state index contributed by atoms with van der Waals surface area (Å²) in [6, 6.07) is 14.2. The second-order valence-corrected chi connectivity index (χ2v) is 8.06. The van der Waals surface area contributed by atoms with Crippen LogP contribution in [-0.2, 0) is 14.6 Å². The van der Waals surface area contributed by atoms with E-state index in [4.69, 9.17) is 17.3 Å². The number of rotatable bonds is 4. The van der Waals surface area contributed by atoms with Crippen molar-refractivity contribution in [1.29, 1.82) is 0 Å². The Hall–Kier alpha value is -1.89. The molecule has 1 fully saturated rings. The molecule has 1 aliphatic carbocycles. The summed E-state index contributed by atoms with van der Waals surface area (Å²) in [6.07, 6.45) is 0. The molecule has 0 aromatic heterocycles. The Kier molecular flexibility index (Phi) is 3.71. The maximum atomic E-state index is 12.8. The highest BCUT2D eigenvalue weighted by Gasteiger charge is 2.74. The first-order valence-electron chi connectivity index (χ1n) is 6.86. The summed E-state index contributed by atoms with van der Waals surface area (Å²) in [4.78, 5) is 11.7. The molecule has 7 heteroatoms. The van der Waals surface area contributed by atoms with E-state index in [-0.39, 0.29) is 4.90 Å². The van der Waals surface area contributed by atoms with Crippen LogP contribution in [0.1, 0.15) is 11.5 Å². The van der Waals surface area contributed by atoms with Crippen molar-refractivity contribution in [2.24, 2.45) is 5.73 Å². The van der Waals surface area contributed by atoms with Gasteiger partial charge >= 0.3 is 5.97 Å². The molecule has 0 unspecified atom stereocenters. The van der Waals surface area contributed by atoms with Gasteiger partial charge in [-0.05, 0) is 29.8 Å². The fourth-order valence-electron chi connectivity index (χ4n) is 2.97. The van der Waals surface area contributed by atoms with Crippen LogP contribution in [0, 0.1) is 0 Å². The van der Waals surface area contributed by atoms with Crippen LogP contribution in [0.15, 0.2) is 59.5 Å². The number of carbonyl (C=O) groups is 1. The van der Waals surface area contributed by atoms with Crippen molar-refractivity contribution < 1.29 is 18.3 Å². The zero-order valence-corrected chi connectivity index (χ0v) is 13.5. The normalized spacial score (nSPS) is 26.7. The maximum Gasteiger partial charge on any atom is 0.325 e. The Morgan fingerprint density at radius 2 is 1.78 bits per heavy atom. The van der Waals surface area contributed by atoms with Gasteiger partial charge in [-0.15, -0.1) is 0 Å². The zero-order chi connectivity index (χ0) is 16.8. The van der Waals surface area contributed by atoms with Crippen molar-refractivity contribution >= 4 is 27.4 Å². The average molecular weight is 352 g/mol. The van der Waals surface area contributed by atoms with Gasteiger partial charge in [0, 0.05) is 10.9 Å². The molecule has 0 radical (unpaired) electrons. The van der Waals surface area contributed by atoms with E-state index in [1.807, 2.05) is 0 Å². The Morgan fingerprint density at radius 1 is 1.13 bits per heavy atom. The molecular formula is C16H14ClNO4S. The second-order valence-electron chi connectivity index (χ2n) is 5.55. The number of benzene rings is 2. The summed E-state index contributed by atoms with van der Waals surface area (Å²) in [5, 5.41) is 8.64. The van der Waals surface area contributed by atoms with Gasteiger partial charge in [-0.3, -0.25) is 4.79 Å². The van der Waals surface area contributed by atoms with Gasteiger partial charge in [-0.2, -0.15) is 0 Å². The minimum absolute atomic E-state index is 0.0607. The molecule has 1 aliphatic rings. The summed E-state index contributed by atoms with van der Waals surface area (Å²) in [5.74, 6) is -2.18. The van der Waals surface area contributed by atoms with Crippen molar-refractivity contribution in [2.75, 3.05) is 0 Å². The Balaban J connectivity index is 2.09. The third-order valence-electron chi connectivity index (χ3n) is 4.16. The van der Waals surface area contributed by atoms with E-state index in [1.54, 1.807) is 42.5 Å². The lowest BCUT2D eigenvalue weighted by Gasteiger charge is -2.06. The predicted molar refractivity (Wildman–Crippen MR) is 86.2 cm³/mol. The quantitative estimate of drug-likeness (QED) is 0.878. The number of hydrogen-bond donors (Lipinski definition) is 2. The molecule has 120 valence electrons. The lowest BCUT2D eigenvalue weighted by molar-refractivity contribution is -0.139. The van der Waals surface area contributed by atoms with Crippen LogP contribution in [-0.4, -0.2) is 30.3 Å². The van der Waals surface area contributed by atoms with E-state index in [0.717, 1.165) is 0 Å². The summed E-state index contributed by atoms with van der Waals surface area (Å²) in [6.45, 7) is 0. The van der Waals surface area contributed by atoms with Crippen LogP contribution in [0.3, 0.4) is 0 Å². The van der Waals surface area contributed by atoms with Gasteiger partial charge in [-0.25, -0.2) is 8.42 Å². The Labute approximate surface area is 138 Å². The largest absolute Gasteiger partial charge is 0.480 e. The molecule has 0 saturated heterocycles. The Bertz CT molecular complexity index is 869. The fourth-order valence-corrected chi connectivity index (χ4v) is 5.42. The number of nitrogens with two attached hydrogens (primary N) is 1. The number of halogens is 1. The molecular weight excluding hydrogens is 338 g/mol. The van der Waals surface area contributed by atoms with Crippen LogP contribution in [0.5, 0.6) is 0 Å². The van der Waals surface area contributed by atoms with E-state index < -0.39 is 32.5 Å². The number of carboxylic acids is 1. The zero-order valence-electron chi connectivity index (χ0n) is 11.9. The van der Waals surface area contributed by atoms with Crippen LogP contribution < -0.4 is 5.73 Å². The molecule has 2 aromatic rings. The van der Waals surface area contributed by atoms with Crippen molar-refractivity contribution in [3.63, 3.8) is 0 Å². The molecule has 3 rings (SSSR count). The van der Waals surface area contributed by atoms with E-state index in [0.29, 0.717) is 10.6 Å². The predicted octanol–water partition coefficient (Wildman–Crippen LogP) is 2.06. The molecule has 23 heavy (non-hydrogen) atoms. The number of aliphatic carboxylic acids is 1. The number of carboxylic acid groups (broad SMARTS) is 1. The maximum absolute atomic E-state index is 12.8. The van der Waals surface area contributed by atoms with Gasteiger partial charge in [0.2, 0.25) is 0 Å². The average Bonchev–Trinajstić information content (AvgIpc) is 3.17. The highest BCUT2D eigenvalue weighted by atomic mass is 35.5. The van der Waals surface area contributed by atoms with Crippen molar-refractivity contribution in [3.05, 3.63) is 65.2 Å². The summed E-state index contributed by atoms with van der Waals surface area (Å²) in [5.41, 5.74) is 4.61. The van der Waals surface area contributed by atoms with Gasteiger partial charge < -0.3 is 10.8 Å². The van der Waals surface area contributed by atoms with Gasteiger partial charge in [0.05, 0.1) is 4.90 Å². The third-order valence-corrected chi connectivity index (χ3v) is 6.66. The molecule has 0 spiro atoms. The van der Waals surface area contributed by atoms with Crippen LogP contribution >= 0.6 is 11.6 Å². The third kappa shape index (κ3) is 2.43. The van der Waals surface area contributed by atoms with Crippen molar-refractivity contribution in [1.82, 2.24) is 0 Å². The highest BCUT2D eigenvalue weighted by molar-refractivity contribution is 7.92. The monoisotopic (exact) mass is 351 g/mol. The second kappa shape index (κ2) is 5.33. The highest BCUT2D eigenvalue weighted by Crippen LogP contribution is 2.56. The summed E-state index contributed by atoms with van der Waals surface area (Å²) < 4.78 is 25.6. The smallest absolute Gasteiger partial charge is 0.325 e. The first kappa shape index (κ1) is 16.0. The van der Waals surface area contributed by atoms with Crippen LogP contribution in [0.2, 0.25) is 5.02 Å². The molecule has 3 N–H and O–H groups in total. The summed E-state index contributed by atoms with van der Waals surface area (Å²) in [7, 11) is -3.88. The van der Waals surface area contributed by atoms with E-state index in [1.165, 1.54) is 12.1 Å². The summed E-state index contributed by atoms with van der Waals surface area (Å²) >= 11 is 5.93. The molecule has 5 nitrogen and oxygen atoms in total. The van der Waals surface area contributed by atoms with Crippen LogP contribution in [0.25, 0.3) is 0 Å². The molecule has 0 amide bonds. The fraction of sp³-hybridized carbons (Fsp3) is 0.188. The van der Waals surface area contributed by atoms with Crippen molar-refractivity contribution in [3.8, 4) is 0 Å². The topological polar surface area (TPSA) is 97.5 Å². The first-order valence-corrected chi connectivity index (χ1v) is 8.78. The molecule has 3 atom stereocenters. The molecule has 0 aliphatic heterocycles. The molecule has 0 heterocycles. The lowest BCUT2D eigenvalue weighted by atomic mass is 10.1. The molecule has 1 saturated carbocycles. The van der Waals surface area contributed by atoms with E-state index >= 15 is 0 Å². The van der Waals surface area contributed by atoms with Crippen LogP contribution in [0.4, 0.5) is 0 Å². The van der Waals surface area contributed by atoms with E-state index in [2.05, 4.69) is 0 Å². The van der Waals surface area contributed by atoms with E-state index in [9.17, 15) is 18.3 Å². The molecule has 0 bridgehead atoms. The minimum atomic E-state index is -3.88. The lowest BCUT2D eigenvalue weighted by Crippen LogP contribution is -2.39. The number of hydrogen-bond acceptors (Lipinski definition) is 4. The minimum Gasteiger partial charge on any atom is -0.480 e. The number of sulfone groups is 1. The SMILES string of the molecule is N[C@@]1(C(=O)O)[C@@H](c2cccc(Cl)c2)[C@@H]1S(=O)(=O)c1ccccc1.